The van der Waals surface area contributed by atoms with E-state index in [-0.39, 0.29) is 6.10 Å². The van der Waals surface area contributed by atoms with E-state index in [1.807, 2.05) is 12.1 Å². The SMILES string of the molecule is Cc1ccc(Br)cc1C(O)C1CCC1. The summed E-state index contributed by atoms with van der Waals surface area (Å²) in [5.74, 6) is 0.489. The van der Waals surface area contributed by atoms with E-state index in [4.69, 9.17) is 0 Å². The highest BCUT2D eigenvalue weighted by molar-refractivity contribution is 9.10. The van der Waals surface area contributed by atoms with E-state index >= 15 is 0 Å². The summed E-state index contributed by atoms with van der Waals surface area (Å²) in [6.07, 6.45) is 3.36. The predicted octanol–water partition coefficient (Wildman–Crippen LogP) is 3.59. The number of aliphatic hydroxyl groups excluding tert-OH is 1. The summed E-state index contributed by atoms with van der Waals surface area (Å²) < 4.78 is 1.05. The van der Waals surface area contributed by atoms with E-state index in [2.05, 4.69) is 28.9 Å². The van der Waals surface area contributed by atoms with Gasteiger partial charge < -0.3 is 5.11 Å². The topological polar surface area (TPSA) is 20.2 Å². The highest BCUT2D eigenvalue weighted by Gasteiger charge is 2.27. The van der Waals surface area contributed by atoms with Gasteiger partial charge in [0, 0.05) is 4.47 Å². The van der Waals surface area contributed by atoms with Crippen molar-refractivity contribution in [2.45, 2.75) is 32.3 Å². The highest BCUT2D eigenvalue weighted by atomic mass is 79.9. The Balaban J connectivity index is 2.24. The maximum Gasteiger partial charge on any atom is 0.0821 e. The van der Waals surface area contributed by atoms with Crippen LogP contribution in [0.4, 0.5) is 0 Å². The maximum absolute atomic E-state index is 10.1. The molecule has 0 bridgehead atoms. The van der Waals surface area contributed by atoms with Crippen LogP contribution >= 0.6 is 15.9 Å². The molecule has 1 saturated carbocycles. The van der Waals surface area contributed by atoms with Crippen LogP contribution in [0.5, 0.6) is 0 Å². The molecule has 1 unspecified atom stereocenters. The number of halogens is 1. The number of aryl methyl sites for hydroxylation is 1. The number of benzene rings is 1. The second-order valence-corrected chi connectivity index (χ2v) is 5.05. The van der Waals surface area contributed by atoms with Crippen LogP contribution in [0.15, 0.2) is 22.7 Å². The molecule has 0 aliphatic heterocycles. The first-order chi connectivity index (χ1) is 6.68. The molecule has 1 atom stereocenters. The summed E-state index contributed by atoms with van der Waals surface area (Å²) in [6.45, 7) is 2.06. The van der Waals surface area contributed by atoms with Crippen LogP contribution in [0.3, 0.4) is 0 Å². The Morgan fingerprint density at radius 3 is 2.71 bits per heavy atom. The minimum Gasteiger partial charge on any atom is -0.388 e. The van der Waals surface area contributed by atoms with Crippen LogP contribution < -0.4 is 0 Å². The Kier molecular flexibility index (Phi) is 2.93. The van der Waals surface area contributed by atoms with E-state index < -0.39 is 0 Å². The van der Waals surface area contributed by atoms with Crippen LogP contribution in [0, 0.1) is 12.8 Å². The van der Waals surface area contributed by atoms with Crippen molar-refractivity contribution in [2.75, 3.05) is 0 Å². The molecule has 0 aromatic heterocycles. The normalized spacial score (nSPS) is 19.1. The van der Waals surface area contributed by atoms with Gasteiger partial charge in [0.2, 0.25) is 0 Å². The molecule has 14 heavy (non-hydrogen) atoms. The molecule has 1 aromatic rings. The van der Waals surface area contributed by atoms with Gasteiger partial charge in [-0.2, -0.15) is 0 Å². The number of aliphatic hydroxyl groups is 1. The lowest BCUT2D eigenvalue weighted by Gasteiger charge is -2.31. The fraction of sp³-hybridized carbons (Fsp3) is 0.500. The second-order valence-electron chi connectivity index (χ2n) is 4.14. The molecular formula is C12H15BrO. The first-order valence-electron chi connectivity index (χ1n) is 5.12. The van der Waals surface area contributed by atoms with Crippen LogP contribution in [0.1, 0.15) is 36.5 Å². The van der Waals surface area contributed by atoms with Crippen molar-refractivity contribution in [2.24, 2.45) is 5.92 Å². The fourth-order valence-corrected chi connectivity index (χ4v) is 2.32. The zero-order valence-corrected chi connectivity index (χ0v) is 9.92. The third kappa shape index (κ3) is 1.86. The van der Waals surface area contributed by atoms with Crippen molar-refractivity contribution >= 4 is 15.9 Å². The molecule has 76 valence electrons. The predicted molar refractivity (Wildman–Crippen MR) is 61.2 cm³/mol. The Bertz CT molecular complexity index is 331. The molecule has 1 N–H and O–H groups in total. The largest absolute Gasteiger partial charge is 0.388 e. The van der Waals surface area contributed by atoms with Gasteiger partial charge >= 0.3 is 0 Å². The van der Waals surface area contributed by atoms with Gasteiger partial charge in [0.1, 0.15) is 0 Å². The van der Waals surface area contributed by atoms with E-state index in [1.165, 1.54) is 24.8 Å². The third-order valence-corrected chi connectivity index (χ3v) is 3.65. The minimum absolute atomic E-state index is 0.263. The fourth-order valence-electron chi connectivity index (χ4n) is 1.94. The lowest BCUT2D eigenvalue weighted by molar-refractivity contribution is 0.0616. The summed E-state index contributed by atoms with van der Waals surface area (Å²) in [5, 5.41) is 10.1. The average Bonchev–Trinajstić information content (AvgIpc) is 2.06. The lowest BCUT2D eigenvalue weighted by atomic mass is 9.78. The van der Waals surface area contributed by atoms with Crippen molar-refractivity contribution < 1.29 is 5.11 Å². The molecule has 2 rings (SSSR count). The highest BCUT2D eigenvalue weighted by Crippen LogP contribution is 2.39. The number of hydrogen-bond donors (Lipinski definition) is 1. The molecule has 0 saturated heterocycles. The van der Waals surface area contributed by atoms with Gasteiger partial charge in [-0.15, -0.1) is 0 Å². The molecule has 1 fully saturated rings. The summed E-state index contributed by atoms with van der Waals surface area (Å²) in [4.78, 5) is 0. The number of hydrogen-bond acceptors (Lipinski definition) is 1. The molecule has 1 aromatic carbocycles. The van der Waals surface area contributed by atoms with E-state index in [0.717, 1.165) is 10.0 Å². The zero-order chi connectivity index (χ0) is 10.1. The van der Waals surface area contributed by atoms with Gasteiger partial charge in [0.05, 0.1) is 6.10 Å². The van der Waals surface area contributed by atoms with Gasteiger partial charge in [-0.1, -0.05) is 28.4 Å². The van der Waals surface area contributed by atoms with E-state index in [1.54, 1.807) is 0 Å². The lowest BCUT2D eigenvalue weighted by Crippen LogP contribution is -2.20. The zero-order valence-electron chi connectivity index (χ0n) is 8.33. The van der Waals surface area contributed by atoms with Crippen molar-refractivity contribution in [1.82, 2.24) is 0 Å². The van der Waals surface area contributed by atoms with Crippen molar-refractivity contribution in [1.29, 1.82) is 0 Å². The van der Waals surface area contributed by atoms with Crippen LogP contribution in [-0.4, -0.2) is 5.11 Å². The smallest absolute Gasteiger partial charge is 0.0821 e. The summed E-state index contributed by atoms with van der Waals surface area (Å²) >= 11 is 3.44. The Morgan fingerprint density at radius 1 is 1.43 bits per heavy atom. The second kappa shape index (κ2) is 4.03. The van der Waals surface area contributed by atoms with E-state index in [0.29, 0.717) is 5.92 Å². The molecular weight excluding hydrogens is 240 g/mol. The molecule has 2 heteroatoms. The Labute approximate surface area is 93.3 Å². The van der Waals surface area contributed by atoms with Crippen LogP contribution in [-0.2, 0) is 0 Å². The molecule has 0 heterocycles. The molecule has 1 aliphatic rings. The third-order valence-electron chi connectivity index (χ3n) is 3.16. The van der Waals surface area contributed by atoms with Gasteiger partial charge in [0.25, 0.3) is 0 Å². The standard InChI is InChI=1S/C12H15BrO/c1-8-5-6-10(13)7-11(8)12(14)9-3-2-4-9/h5-7,9,12,14H,2-4H2,1H3. The van der Waals surface area contributed by atoms with Gasteiger partial charge in [-0.3, -0.25) is 0 Å². The van der Waals surface area contributed by atoms with Gasteiger partial charge in [-0.25, -0.2) is 0 Å². The number of rotatable bonds is 2. The van der Waals surface area contributed by atoms with Crippen LogP contribution in [0.25, 0.3) is 0 Å². The Morgan fingerprint density at radius 2 is 2.14 bits per heavy atom. The molecule has 1 nitrogen and oxygen atoms in total. The monoisotopic (exact) mass is 254 g/mol. The molecule has 0 radical (unpaired) electrons. The maximum atomic E-state index is 10.1. The quantitative estimate of drug-likeness (QED) is 0.856. The van der Waals surface area contributed by atoms with Crippen molar-refractivity contribution in [3.63, 3.8) is 0 Å². The van der Waals surface area contributed by atoms with E-state index in [9.17, 15) is 5.11 Å². The van der Waals surface area contributed by atoms with Crippen molar-refractivity contribution in [3.8, 4) is 0 Å². The Hall–Kier alpha value is -0.340. The van der Waals surface area contributed by atoms with Gasteiger partial charge in [0.15, 0.2) is 0 Å². The summed E-state index contributed by atoms with van der Waals surface area (Å²) in [5.41, 5.74) is 2.27. The molecule has 0 amide bonds. The van der Waals surface area contributed by atoms with Crippen molar-refractivity contribution in [3.05, 3.63) is 33.8 Å². The first-order valence-corrected chi connectivity index (χ1v) is 5.92. The minimum atomic E-state index is -0.263. The first kappa shape index (κ1) is 10.2. The summed E-state index contributed by atoms with van der Waals surface area (Å²) in [6, 6.07) is 6.12. The van der Waals surface area contributed by atoms with Gasteiger partial charge in [-0.05, 0) is 48.9 Å². The molecule has 0 spiro atoms. The van der Waals surface area contributed by atoms with Crippen LogP contribution in [0.2, 0.25) is 0 Å². The summed E-state index contributed by atoms with van der Waals surface area (Å²) in [7, 11) is 0. The average molecular weight is 255 g/mol. The molecule has 1 aliphatic carbocycles.